The standard InChI is InChI=1S/C46H27N3O2/c1-3-13-28(14-4-1)36-27-37(29-15-5-2-6-16-29)48-46(47-36)35-21-11-19-32-33-25-26-39-42(45(33)51-43(32)35)34-18-7-9-22-38(34)49(39)40-23-12-20-31-30-17-8-10-24-41(30)50-44(31)40/h1-27H. The van der Waals surface area contributed by atoms with Gasteiger partial charge in [0.05, 0.1) is 39.1 Å². The third kappa shape index (κ3) is 4.15. The molecule has 0 aliphatic carbocycles. The minimum atomic E-state index is 0.620. The van der Waals surface area contributed by atoms with E-state index in [0.717, 1.165) is 99.4 Å². The summed E-state index contributed by atoms with van der Waals surface area (Å²) < 4.78 is 15.9. The number of fused-ring (bicyclic) bond motifs is 10. The molecule has 0 aliphatic rings. The fourth-order valence-electron chi connectivity index (χ4n) is 7.73. The zero-order valence-corrected chi connectivity index (χ0v) is 27.2. The van der Waals surface area contributed by atoms with Gasteiger partial charge < -0.3 is 13.4 Å². The third-order valence-electron chi connectivity index (χ3n) is 10.0. The highest BCUT2D eigenvalue weighted by Crippen LogP contribution is 2.44. The molecule has 0 fully saturated rings. The largest absolute Gasteiger partial charge is 0.455 e. The molecule has 0 spiro atoms. The Hall–Kier alpha value is -6.98. The van der Waals surface area contributed by atoms with Gasteiger partial charge in [-0.05, 0) is 42.5 Å². The zero-order chi connectivity index (χ0) is 33.5. The topological polar surface area (TPSA) is 57.0 Å². The van der Waals surface area contributed by atoms with Gasteiger partial charge in [0.25, 0.3) is 0 Å². The smallest absolute Gasteiger partial charge is 0.164 e. The van der Waals surface area contributed by atoms with Crippen molar-refractivity contribution in [3.63, 3.8) is 0 Å². The van der Waals surface area contributed by atoms with Crippen LogP contribution in [0.1, 0.15) is 0 Å². The Bertz CT molecular complexity index is 3080. The van der Waals surface area contributed by atoms with Gasteiger partial charge in [-0.15, -0.1) is 0 Å². The van der Waals surface area contributed by atoms with Crippen molar-refractivity contribution in [3.8, 4) is 39.6 Å². The van der Waals surface area contributed by atoms with E-state index in [1.54, 1.807) is 0 Å². The van der Waals surface area contributed by atoms with E-state index in [4.69, 9.17) is 18.8 Å². The predicted octanol–water partition coefficient (Wildman–Crippen LogP) is 12.4. The molecule has 0 bridgehead atoms. The number of hydrogen-bond acceptors (Lipinski definition) is 4. The monoisotopic (exact) mass is 653 g/mol. The van der Waals surface area contributed by atoms with Crippen LogP contribution in [0.2, 0.25) is 0 Å². The zero-order valence-electron chi connectivity index (χ0n) is 27.2. The van der Waals surface area contributed by atoms with E-state index in [-0.39, 0.29) is 0 Å². The molecule has 0 aliphatic heterocycles. The maximum atomic E-state index is 7.02. The summed E-state index contributed by atoms with van der Waals surface area (Å²) in [6, 6.07) is 56.4. The van der Waals surface area contributed by atoms with Crippen molar-refractivity contribution in [3.05, 3.63) is 164 Å². The van der Waals surface area contributed by atoms with Crippen LogP contribution >= 0.6 is 0 Å². The molecule has 0 N–H and O–H groups in total. The first-order valence-corrected chi connectivity index (χ1v) is 17.1. The van der Waals surface area contributed by atoms with Crippen molar-refractivity contribution in [1.29, 1.82) is 0 Å². The summed E-state index contributed by atoms with van der Waals surface area (Å²) in [5, 5.41) is 6.44. The van der Waals surface area contributed by atoms with E-state index >= 15 is 0 Å². The lowest BCUT2D eigenvalue weighted by molar-refractivity contribution is 0.666. The highest BCUT2D eigenvalue weighted by atomic mass is 16.3. The minimum absolute atomic E-state index is 0.620. The van der Waals surface area contributed by atoms with Gasteiger partial charge in [0.15, 0.2) is 11.4 Å². The maximum absolute atomic E-state index is 7.02. The lowest BCUT2D eigenvalue weighted by Crippen LogP contribution is -1.96. The van der Waals surface area contributed by atoms with Crippen LogP contribution in [0.15, 0.2) is 173 Å². The molecule has 51 heavy (non-hydrogen) atoms. The van der Waals surface area contributed by atoms with Crippen molar-refractivity contribution in [1.82, 2.24) is 14.5 Å². The Morgan fingerprint density at radius 3 is 1.78 bits per heavy atom. The lowest BCUT2D eigenvalue weighted by atomic mass is 10.0. The number of aromatic nitrogens is 3. The number of furan rings is 2. The summed E-state index contributed by atoms with van der Waals surface area (Å²) in [7, 11) is 0. The van der Waals surface area contributed by atoms with E-state index < -0.39 is 0 Å². The van der Waals surface area contributed by atoms with E-state index in [9.17, 15) is 0 Å². The van der Waals surface area contributed by atoms with Gasteiger partial charge in [-0.3, -0.25) is 0 Å². The Morgan fingerprint density at radius 2 is 1.02 bits per heavy atom. The van der Waals surface area contributed by atoms with Crippen molar-refractivity contribution in [2.24, 2.45) is 0 Å². The minimum Gasteiger partial charge on any atom is -0.455 e. The first-order chi connectivity index (χ1) is 25.3. The molecule has 5 nitrogen and oxygen atoms in total. The molecule has 0 saturated carbocycles. The van der Waals surface area contributed by atoms with Crippen LogP contribution in [0.25, 0.3) is 105 Å². The number of benzene rings is 7. The van der Waals surface area contributed by atoms with Gasteiger partial charge in [-0.25, -0.2) is 9.97 Å². The SMILES string of the molecule is c1ccc(-c2cc(-c3ccccc3)nc(-c3cccc4c3oc3c4ccc4c3c3ccccc3n4-c3cccc4c3oc3ccccc34)n2)cc1. The van der Waals surface area contributed by atoms with Crippen LogP contribution < -0.4 is 0 Å². The highest BCUT2D eigenvalue weighted by Gasteiger charge is 2.23. The number of nitrogens with zero attached hydrogens (tertiary/aromatic N) is 3. The highest BCUT2D eigenvalue weighted by molar-refractivity contribution is 6.25. The lowest BCUT2D eigenvalue weighted by Gasteiger charge is -2.09. The van der Waals surface area contributed by atoms with Crippen LogP contribution in [-0.2, 0) is 0 Å². The van der Waals surface area contributed by atoms with Crippen molar-refractivity contribution in [2.45, 2.75) is 0 Å². The van der Waals surface area contributed by atoms with Gasteiger partial charge in [0.2, 0.25) is 0 Å². The number of para-hydroxylation sites is 4. The Kier molecular flexibility index (Phi) is 5.89. The Balaban J connectivity index is 1.19. The Labute approximate surface area is 291 Å². The van der Waals surface area contributed by atoms with Crippen molar-refractivity contribution < 1.29 is 8.83 Å². The van der Waals surface area contributed by atoms with Gasteiger partial charge in [-0.1, -0.05) is 121 Å². The fraction of sp³-hybridized carbons (Fsp3) is 0. The average Bonchev–Trinajstić information content (AvgIpc) is 3.88. The molecule has 5 heteroatoms. The molecule has 0 radical (unpaired) electrons. The normalized spacial score (nSPS) is 11.9. The Morgan fingerprint density at radius 1 is 0.412 bits per heavy atom. The molecule has 4 aromatic heterocycles. The van der Waals surface area contributed by atoms with Gasteiger partial charge in [0.1, 0.15) is 16.7 Å². The summed E-state index contributed by atoms with van der Waals surface area (Å²) in [6.07, 6.45) is 0. The van der Waals surface area contributed by atoms with Crippen LogP contribution in [-0.4, -0.2) is 14.5 Å². The first kappa shape index (κ1) is 27.9. The first-order valence-electron chi connectivity index (χ1n) is 17.1. The van der Waals surface area contributed by atoms with Crippen LogP contribution in [0.4, 0.5) is 0 Å². The number of rotatable bonds is 4. The summed E-state index contributed by atoms with van der Waals surface area (Å²) in [4.78, 5) is 10.3. The second-order valence-electron chi connectivity index (χ2n) is 12.9. The summed E-state index contributed by atoms with van der Waals surface area (Å²) >= 11 is 0. The van der Waals surface area contributed by atoms with Crippen LogP contribution in [0.3, 0.4) is 0 Å². The second kappa shape index (κ2) is 10.8. The molecule has 4 heterocycles. The van der Waals surface area contributed by atoms with Gasteiger partial charge >= 0.3 is 0 Å². The molecule has 7 aromatic carbocycles. The van der Waals surface area contributed by atoms with Crippen molar-refractivity contribution >= 4 is 65.7 Å². The summed E-state index contributed by atoms with van der Waals surface area (Å²) in [5.74, 6) is 0.620. The molecule has 11 rings (SSSR count). The molecule has 0 amide bonds. The molecule has 238 valence electrons. The van der Waals surface area contributed by atoms with Crippen molar-refractivity contribution in [2.75, 3.05) is 0 Å². The van der Waals surface area contributed by atoms with Crippen LogP contribution in [0, 0.1) is 0 Å². The molecule has 0 unspecified atom stereocenters. The molecule has 0 saturated heterocycles. The molecule has 11 aromatic rings. The number of hydrogen-bond donors (Lipinski definition) is 0. The van der Waals surface area contributed by atoms with E-state index in [2.05, 4.69) is 120 Å². The van der Waals surface area contributed by atoms with E-state index in [1.807, 2.05) is 48.5 Å². The third-order valence-corrected chi connectivity index (χ3v) is 10.0. The van der Waals surface area contributed by atoms with Gasteiger partial charge in [0, 0.05) is 38.1 Å². The molecule has 0 atom stereocenters. The summed E-state index contributed by atoms with van der Waals surface area (Å²) in [5.41, 5.74) is 11.1. The quantitative estimate of drug-likeness (QED) is 0.190. The maximum Gasteiger partial charge on any atom is 0.164 e. The fourth-order valence-corrected chi connectivity index (χ4v) is 7.73. The predicted molar refractivity (Wildman–Crippen MR) is 207 cm³/mol. The molecular weight excluding hydrogens is 627 g/mol. The summed E-state index contributed by atoms with van der Waals surface area (Å²) in [6.45, 7) is 0. The van der Waals surface area contributed by atoms with E-state index in [0.29, 0.717) is 5.82 Å². The van der Waals surface area contributed by atoms with Gasteiger partial charge in [-0.2, -0.15) is 0 Å². The van der Waals surface area contributed by atoms with Crippen LogP contribution in [0.5, 0.6) is 0 Å². The molecular formula is C46H27N3O2. The second-order valence-corrected chi connectivity index (χ2v) is 12.9. The average molecular weight is 654 g/mol. The van der Waals surface area contributed by atoms with E-state index in [1.165, 1.54) is 0 Å².